The number of amides is 1. The van der Waals surface area contributed by atoms with E-state index >= 15 is 0 Å². The van der Waals surface area contributed by atoms with Gasteiger partial charge >= 0.3 is 0 Å². The molecule has 0 radical (unpaired) electrons. The van der Waals surface area contributed by atoms with Crippen molar-refractivity contribution in [2.75, 3.05) is 39.3 Å². The molecule has 5 heteroatoms. The zero-order valence-corrected chi connectivity index (χ0v) is 16.6. The Morgan fingerprint density at radius 1 is 1.24 bits per heavy atom. The van der Waals surface area contributed by atoms with Crippen LogP contribution < -0.4 is 5.32 Å². The summed E-state index contributed by atoms with van der Waals surface area (Å²) in [4.78, 5) is 17.1. The van der Waals surface area contributed by atoms with E-state index < -0.39 is 0 Å². The third-order valence-corrected chi connectivity index (χ3v) is 5.39. The highest BCUT2D eigenvalue weighted by Crippen LogP contribution is 2.16. The summed E-state index contributed by atoms with van der Waals surface area (Å²) in [6, 6.07) is 7.86. The molecule has 0 spiro atoms. The number of halogens is 1. The zero-order valence-electron chi connectivity index (χ0n) is 15.9. The number of aryl methyl sites for hydroxylation is 1. The van der Waals surface area contributed by atoms with Crippen LogP contribution in [-0.4, -0.2) is 60.5 Å². The fourth-order valence-electron chi connectivity index (χ4n) is 3.33. The second kappa shape index (κ2) is 9.56. The molecule has 0 atom stereocenters. The van der Waals surface area contributed by atoms with E-state index in [0.717, 1.165) is 50.6 Å². The summed E-state index contributed by atoms with van der Waals surface area (Å²) in [5.41, 5.74) is 1.19. The minimum Gasteiger partial charge on any atom is -0.354 e. The summed E-state index contributed by atoms with van der Waals surface area (Å²) in [6.07, 6.45) is 2.30. The maximum atomic E-state index is 12.2. The van der Waals surface area contributed by atoms with Crippen LogP contribution in [0.15, 0.2) is 24.3 Å². The molecule has 1 aliphatic rings. The van der Waals surface area contributed by atoms with Crippen molar-refractivity contribution in [2.45, 2.75) is 45.6 Å². The van der Waals surface area contributed by atoms with Crippen molar-refractivity contribution in [3.63, 3.8) is 0 Å². The highest BCUT2D eigenvalue weighted by atomic mass is 35.5. The molecule has 140 valence electrons. The zero-order chi connectivity index (χ0) is 18.3. The van der Waals surface area contributed by atoms with Gasteiger partial charge in [0.25, 0.3) is 0 Å². The summed E-state index contributed by atoms with van der Waals surface area (Å²) in [5, 5.41) is 3.88. The number of likely N-dealkylation sites (N-methyl/N-ethyl adjacent to an activating group) is 1. The number of carbonyl (C=O) groups is 1. The van der Waals surface area contributed by atoms with Crippen LogP contribution in [0.3, 0.4) is 0 Å². The predicted octanol–water partition coefficient (Wildman–Crippen LogP) is 3.20. The molecular weight excluding hydrogens is 334 g/mol. The van der Waals surface area contributed by atoms with Crippen LogP contribution in [0.4, 0.5) is 0 Å². The molecule has 4 nitrogen and oxygen atoms in total. The summed E-state index contributed by atoms with van der Waals surface area (Å²) < 4.78 is 0. The van der Waals surface area contributed by atoms with Gasteiger partial charge in [-0.15, -0.1) is 0 Å². The molecule has 0 unspecified atom stereocenters. The molecule has 1 aliphatic heterocycles. The Labute approximate surface area is 157 Å². The fraction of sp³-hybridized carbons (Fsp3) is 0.650. The molecule has 1 amide bonds. The van der Waals surface area contributed by atoms with Crippen LogP contribution in [0, 0.1) is 0 Å². The highest BCUT2D eigenvalue weighted by Gasteiger charge is 2.29. The average molecular weight is 366 g/mol. The second-order valence-electron chi connectivity index (χ2n) is 7.49. The van der Waals surface area contributed by atoms with E-state index in [1.54, 1.807) is 0 Å². The summed E-state index contributed by atoms with van der Waals surface area (Å²) in [5.74, 6) is 0.141. The average Bonchev–Trinajstić information content (AvgIpc) is 2.60. The number of hydrogen-bond donors (Lipinski definition) is 1. The van der Waals surface area contributed by atoms with E-state index in [-0.39, 0.29) is 11.4 Å². The Hall–Kier alpha value is -1.10. The Morgan fingerprint density at radius 3 is 2.60 bits per heavy atom. The lowest BCUT2D eigenvalue weighted by Crippen LogP contribution is -2.58. The third-order valence-electron chi connectivity index (χ3n) is 5.15. The molecule has 1 aromatic rings. The number of piperazine rings is 1. The van der Waals surface area contributed by atoms with Crippen LogP contribution in [-0.2, 0) is 11.2 Å². The van der Waals surface area contributed by atoms with Gasteiger partial charge in [0.2, 0.25) is 5.91 Å². The lowest BCUT2D eigenvalue weighted by Gasteiger charge is -2.44. The van der Waals surface area contributed by atoms with Gasteiger partial charge in [0, 0.05) is 49.7 Å². The van der Waals surface area contributed by atoms with Crippen LogP contribution >= 0.6 is 11.6 Å². The van der Waals surface area contributed by atoms with Gasteiger partial charge < -0.3 is 10.2 Å². The molecule has 1 aromatic carbocycles. The highest BCUT2D eigenvalue weighted by molar-refractivity contribution is 6.30. The number of nitrogens with zero attached hydrogens (tertiary/aromatic N) is 2. The molecule has 25 heavy (non-hydrogen) atoms. The van der Waals surface area contributed by atoms with Gasteiger partial charge in [-0.1, -0.05) is 30.7 Å². The second-order valence-corrected chi connectivity index (χ2v) is 7.93. The van der Waals surface area contributed by atoms with E-state index in [9.17, 15) is 4.79 Å². The van der Waals surface area contributed by atoms with Crippen molar-refractivity contribution >= 4 is 17.5 Å². The lowest BCUT2D eigenvalue weighted by molar-refractivity contribution is -0.121. The summed E-state index contributed by atoms with van der Waals surface area (Å²) in [7, 11) is 0. The molecule has 0 aliphatic carbocycles. The summed E-state index contributed by atoms with van der Waals surface area (Å²) >= 11 is 5.99. The van der Waals surface area contributed by atoms with E-state index in [4.69, 9.17) is 11.6 Å². The lowest BCUT2D eigenvalue weighted by atomic mass is 10.0. The topological polar surface area (TPSA) is 35.6 Å². The number of hydrogen-bond acceptors (Lipinski definition) is 3. The number of carbonyl (C=O) groups excluding carboxylic acids is 1. The standard InChI is InChI=1S/C20H32ClN3O/c1-4-23-11-13-24(14-12-23)20(2,3)16-22-19(25)10-6-8-17-7-5-9-18(21)15-17/h5,7,9,15H,4,6,8,10-14,16H2,1-3H3,(H,22,25). The Morgan fingerprint density at radius 2 is 1.96 bits per heavy atom. The number of nitrogens with one attached hydrogen (secondary N) is 1. The van der Waals surface area contributed by atoms with Crippen molar-refractivity contribution in [2.24, 2.45) is 0 Å². The molecule has 0 saturated carbocycles. The molecule has 1 N–H and O–H groups in total. The number of rotatable bonds is 8. The quantitative estimate of drug-likeness (QED) is 0.768. The van der Waals surface area contributed by atoms with E-state index in [1.807, 2.05) is 18.2 Å². The van der Waals surface area contributed by atoms with Gasteiger partial charge in [-0.3, -0.25) is 9.69 Å². The van der Waals surface area contributed by atoms with Gasteiger partial charge in [-0.2, -0.15) is 0 Å². The first-order chi connectivity index (χ1) is 11.9. The number of benzene rings is 1. The van der Waals surface area contributed by atoms with E-state index in [1.165, 1.54) is 5.56 Å². The first-order valence-corrected chi connectivity index (χ1v) is 9.77. The Kier molecular flexibility index (Phi) is 7.73. The fourth-order valence-corrected chi connectivity index (χ4v) is 3.54. The van der Waals surface area contributed by atoms with Crippen molar-refractivity contribution in [3.8, 4) is 0 Å². The minimum absolute atomic E-state index is 0.00243. The van der Waals surface area contributed by atoms with Crippen LogP contribution in [0.5, 0.6) is 0 Å². The molecule has 2 rings (SSSR count). The van der Waals surface area contributed by atoms with Gasteiger partial charge in [0.05, 0.1) is 0 Å². The maximum absolute atomic E-state index is 12.2. The van der Waals surface area contributed by atoms with Gasteiger partial charge in [-0.05, 0) is 50.9 Å². The molecule has 0 aromatic heterocycles. The van der Waals surface area contributed by atoms with Crippen molar-refractivity contribution < 1.29 is 4.79 Å². The van der Waals surface area contributed by atoms with Gasteiger partial charge in [0.15, 0.2) is 0 Å². The van der Waals surface area contributed by atoms with Crippen LogP contribution in [0.2, 0.25) is 5.02 Å². The first kappa shape index (κ1) is 20.2. The largest absolute Gasteiger partial charge is 0.354 e. The van der Waals surface area contributed by atoms with Crippen molar-refractivity contribution in [1.82, 2.24) is 15.1 Å². The molecule has 0 bridgehead atoms. The molecule has 1 fully saturated rings. The van der Waals surface area contributed by atoms with Crippen LogP contribution in [0.25, 0.3) is 0 Å². The summed E-state index contributed by atoms with van der Waals surface area (Å²) in [6.45, 7) is 12.9. The van der Waals surface area contributed by atoms with Crippen molar-refractivity contribution in [3.05, 3.63) is 34.9 Å². The normalized spacial score (nSPS) is 16.8. The Bertz CT molecular complexity index is 554. The SMILES string of the molecule is CCN1CCN(C(C)(C)CNC(=O)CCCc2cccc(Cl)c2)CC1. The Balaban J connectivity index is 1.68. The minimum atomic E-state index is 0.00243. The maximum Gasteiger partial charge on any atom is 0.220 e. The van der Waals surface area contributed by atoms with Crippen LogP contribution in [0.1, 0.15) is 39.2 Å². The smallest absolute Gasteiger partial charge is 0.220 e. The predicted molar refractivity (Wildman–Crippen MR) is 105 cm³/mol. The van der Waals surface area contributed by atoms with Gasteiger partial charge in [0.1, 0.15) is 0 Å². The third kappa shape index (κ3) is 6.61. The van der Waals surface area contributed by atoms with Crippen molar-refractivity contribution in [1.29, 1.82) is 0 Å². The molecule has 1 heterocycles. The first-order valence-electron chi connectivity index (χ1n) is 9.39. The van der Waals surface area contributed by atoms with E-state index in [2.05, 4.69) is 42.0 Å². The molecule has 1 saturated heterocycles. The monoisotopic (exact) mass is 365 g/mol. The van der Waals surface area contributed by atoms with E-state index in [0.29, 0.717) is 13.0 Å². The van der Waals surface area contributed by atoms with Gasteiger partial charge in [-0.25, -0.2) is 0 Å². The molecular formula is C20H32ClN3O.